The lowest BCUT2D eigenvalue weighted by Gasteiger charge is -2.14. The SMILES string of the molecule is CC(C)C1NC(=O)N(c2ccccc2F)C1=O. The van der Waals surface area contributed by atoms with Crippen molar-refractivity contribution in [2.75, 3.05) is 4.90 Å². The van der Waals surface area contributed by atoms with E-state index in [0.717, 1.165) is 4.90 Å². The molecule has 1 fully saturated rings. The van der Waals surface area contributed by atoms with E-state index in [2.05, 4.69) is 5.32 Å². The van der Waals surface area contributed by atoms with Crippen LogP contribution in [0.2, 0.25) is 0 Å². The average molecular weight is 236 g/mol. The summed E-state index contributed by atoms with van der Waals surface area (Å²) in [5, 5.41) is 2.55. The largest absolute Gasteiger partial charge is 0.329 e. The normalized spacial score (nSPS) is 20.0. The van der Waals surface area contributed by atoms with Crippen LogP contribution in [0, 0.1) is 11.7 Å². The molecule has 17 heavy (non-hydrogen) atoms. The Kier molecular flexibility index (Phi) is 2.83. The Morgan fingerprint density at radius 3 is 2.47 bits per heavy atom. The molecule has 5 heteroatoms. The van der Waals surface area contributed by atoms with Crippen molar-refractivity contribution >= 4 is 17.6 Å². The molecule has 90 valence electrons. The summed E-state index contributed by atoms with van der Waals surface area (Å²) in [6.45, 7) is 3.65. The summed E-state index contributed by atoms with van der Waals surface area (Å²) in [6, 6.07) is 4.58. The monoisotopic (exact) mass is 236 g/mol. The first-order valence-corrected chi connectivity index (χ1v) is 5.41. The van der Waals surface area contributed by atoms with Gasteiger partial charge >= 0.3 is 6.03 Å². The van der Waals surface area contributed by atoms with Gasteiger partial charge in [-0.2, -0.15) is 0 Å². The third-order valence-electron chi connectivity index (χ3n) is 2.73. The minimum absolute atomic E-state index is 0.00171. The van der Waals surface area contributed by atoms with Crippen LogP contribution in [-0.4, -0.2) is 18.0 Å². The first kappa shape index (κ1) is 11.6. The van der Waals surface area contributed by atoms with Crippen molar-refractivity contribution in [2.24, 2.45) is 5.92 Å². The van der Waals surface area contributed by atoms with E-state index in [1.807, 2.05) is 13.8 Å². The summed E-state index contributed by atoms with van der Waals surface area (Å²) >= 11 is 0. The molecule has 0 aromatic heterocycles. The lowest BCUT2D eigenvalue weighted by Crippen LogP contribution is -2.34. The molecule has 1 aromatic carbocycles. The Balaban J connectivity index is 2.38. The fraction of sp³-hybridized carbons (Fsp3) is 0.333. The number of nitrogens with zero attached hydrogens (tertiary/aromatic N) is 1. The van der Waals surface area contributed by atoms with Gasteiger partial charge in [0.05, 0.1) is 5.69 Å². The van der Waals surface area contributed by atoms with Gasteiger partial charge in [0.1, 0.15) is 11.9 Å². The predicted molar refractivity (Wildman–Crippen MR) is 61.0 cm³/mol. The number of hydrogen-bond donors (Lipinski definition) is 1. The van der Waals surface area contributed by atoms with E-state index < -0.39 is 23.8 Å². The molecule has 1 heterocycles. The minimum Gasteiger partial charge on any atom is -0.325 e. The number of hydrogen-bond acceptors (Lipinski definition) is 2. The second-order valence-electron chi connectivity index (χ2n) is 4.30. The number of anilines is 1. The number of imide groups is 1. The first-order valence-electron chi connectivity index (χ1n) is 5.41. The lowest BCUT2D eigenvalue weighted by molar-refractivity contribution is -0.119. The molecule has 1 atom stereocenters. The molecule has 1 aliphatic heterocycles. The van der Waals surface area contributed by atoms with Crippen LogP contribution in [-0.2, 0) is 4.79 Å². The third kappa shape index (κ3) is 1.88. The highest BCUT2D eigenvalue weighted by molar-refractivity contribution is 6.21. The van der Waals surface area contributed by atoms with Gasteiger partial charge in [-0.1, -0.05) is 26.0 Å². The van der Waals surface area contributed by atoms with E-state index in [1.165, 1.54) is 18.2 Å². The van der Waals surface area contributed by atoms with E-state index in [4.69, 9.17) is 0 Å². The van der Waals surface area contributed by atoms with Gasteiger partial charge in [0, 0.05) is 0 Å². The fourth-order valence-corrected chi connectivity index (χ4v) is 1.81. The second-order valence-corrected chi connectivity index (χ2v) is 4.30. The quantitative estimate of drug-likeness (QED) is 0.797. The second kappa shape index (κ2) is 4.16. The molecule has 4 nitrogen and oxygen atoms in total. The Labute approximate surface area is 98.4 Å². The molecule has 0 spiro atoms. The molecule has 1 N–H and O–H groups in total. The smallest absolute Gasteiger partial charge is 0.325 e. The van der Waals surface area contributed by atoms with E-state index in [1.54, 1.807) is 6.07 Å². The Morgan fingerprint density at radius 1 is 1.29 bits per heavy atom. The summed E-state index contributed by atoms with van der Waals surface area (Å²) in [7, 11) is 0. The number of carbonyl (C=O) groups is 2. The topological polar surface area (TPSA) is 49.4 Å². The maximum atomic E-state index is 13.5. The summed E-state index contributed by atoms with van der Waals surface area (Å²) in [5.41, 5.74) is -0.00171. The van der Waals surface area contributed by atoms with Crippen molar-refractivity contribution in [3.8, 4) is 0 Å². The lowest BCUT2D eigenvalue weighted by atomic mass is 10.0. The molecule has 1 saturated heterocycles. The van der Waals surface area contributed by atoms with Crippen molar-refractivity contribution in [3.05, 3.63) is 30.1 Å². The number of carbonyl (C=O) groups excluding carboxylic acids is 2. The van der Waals surface area contributed by atoms with Crippen LogP contribution in [0.5, 0.6) is 0 Å². The third-order valence-corrected chi connectivity index (χ3v) is 2.73. The Hall–Kier alpha value is -1.91. The molecule has 0 radical (unpaired) electrons. The van der Waals surface area contributed by atoms with Crippen molar-refractivity contribution in [2.45, 2.75) is 19.9 Å². The number of nitrogens with one attached hydrogen (secondary N) is 1. The highest BCUT2D eigenvalue weighted by Crippen LogP contribution is 2.24. The van der Waals surface area contributed by atoms with E-state index >= 15 is 0 Å². The maximum absolute atomic E-state index is 13.5. The summed E-state index contributed by atoms with van der Waals surface area (Å²) in [5.74, 6) is -1.02. The van der Waals surface area contributed by atoms with Crippen molar-refractivity contribution in [1.82, 2.24) is 5.32 Å². The molecular weight excluding hydrogens is 223 g/mol. The van der Waals surface area contributed by atoms with Gasteiger partial charge in [-0.05, 0) is 18.1 Å². The zero-order valence-electron chi connectivity index (χ0n) is 9.61. The molecule has 2 rings (SSSR count). The average Bonchev–Trinajstić information content (AvgIpc) is 2.56. The number of amides is 3. The standard InChI is InChI=1S/C12H13FN2O2/c1-7(2)10-11(16)15(12(17)14-10)9-6-4-3-5-8(9)13/h3-7,10H,1-2H3,(H,14,17). The molecule has 3 amide bonds. The van der Waals surface area contributed by atoms with Gasteiger partial charge in [0.25, 0.3) is 5.91 Å². The van der Waals surface area contributed by atoms with Crippen LogP contribution < -0.4 is 10.2 Å². The number of halogens is 1. The Bertz CT molecular complexity index is 473. The summed E-state index contributed by atoms with van der Waals surface area (Å²) in [6.07, 6.45) is 0. The summed E-state index contributed by atoms with van der Waals surface area (Å²) in [4.78, 5) is 24.5. The van der Waals surface area contributed by atoms with Gasteiger partial charge in [-0.15, -0.1) is 0 Å². The highest BCUT2D eigenvalue weighted by Gasteiger charge is 2.41. The van der Waals surface area contributed by atoms with Gasteiger partial charge in [-0.25, -0.2) is 14.1 Å². The molecule has 1 unspecified atom stereocenters. The summed E-state index contributed by atoms with van der Waals surface area (Å²) < 4.78 is 13.5. The van der Waals surface area contributed by atoms with Gasteiger partial charge in [-0.3, -0.25) is 4.79 Å². The van der Waals surface area contributed by atoms with Crippen LogP contribution in [0.4, 0.5) is 14.9 Å². The first-order chi connectivity index (χ1) is 8.02. The van der Waals surface area contributed by atoms with Crippen LogP contribution >= 0.6 is 0 Å². The number of para-hydroxylation sites is 1. The van der Waals surface area contributed by atoms with Crippen LogP contribution in [0.1, 0.15) is 13.8 Å². The molecule has 0 bridgehead atoms. The predicted octanol–water partition coefficient (Wildman–Crippen LogP) is 1.91. The molecule has 1 aromatic rings. The van der Waals surface area contributed by atoms with Crippen molar-refractivity contribution in [1.29, 1.82) is 0 Å². The number of rotatable bonds is 2. The fourth-order valence-electron chi connectivity index (χ4n) is 1.81. The number of urea groups is 1. The maximum Gasteiger partial charge on any atom is 0.329 e. The van der Waals surface area contributed by atoms with Gasteiger partial charge in [0.2, 0.25) is 0 Å². The van der Waals surface area contributed by atoms with E-state index in [0.29, 0.717) is 0 Å². The molecule has 1 aliphatic rings. The Morgan fingerprint density at radius 2 is 1.94 bits per heavy atom. The zero-order valence-corrected chi connectivity index (χ0v) is 9.61. The van der Waals surface area contributed by atoms with E-state index in [9.17, 15) is 14.0 Å². The van der Waals surface area contributed by atoms with Gasteiger partial charge in [0.15, 0.2) is 0 Å². The van der Waals surface area contributed by atoms with Crippen LogP contribution in [0.15, 0.2) is 24.3 Å². The molecule has 0 saturated carbocycles. The zero-order chi connectivity index (χ0) is 12.6. The molecule has 0 aliphatic carbocycles. The van der Waals surface area contributed by atoms with E-state index in [-0.39, 0.29) is 11.6 Å². The van der Waals surface area contributed by atoms with Crippen LogP contribution in [0.25, 0.3) is 0 Å². The molecular formula is C12H13FN2O2. The van der Waals surface area contributed by atoms with Gasteiger partial charge < -0.3 is 5.32 Å². The van der Waals surface area contributed by atoms with Crippen LogP contribution in [0.3, 0.4) is 0 Å². The van der Waals surface area contributed by atoms with Crippen molar-refractivity contribution < 1.29 is 14.0 Å². The van der Waals surface area contributed by atoms with Crippen molar-refractivity contribution in [3.63, 3.8) is 0 Å². The highest BCUT2D eigenvalue weighted by atomic mass is 19.1. The number of benzene rings is 1. The minimum atomic E-state index is -0.583.